The highest BCUT2D eigenvalue weighted by atomic mass is 32.2. The summed E-state index contributed by atoms with van der Waals surface area (Å²) in [6.45, 7) is 6.51. The first-order valence-electron chi connectivity index (χ1n) is 5.49. The van der Waals surface area contributed by atoms with Gasteiger partial charge in [-0.15, -0.1) is 11.8 Å². The topological polar surface area (TPSA) is 29.4 Å². The van der Waals surface area contributed by atoms with Crippen LogP contribution in [0.2, 0.25) is 0 Å². The molecule has 2 aliphatic rings. The van der Waals surface area contributed by atoms with Crippen molar-refractivity contribution >= 4 is 22.6 Å². The SMILES string of the molecule is CSC1=NC(C)(C)C(C)C12C=CC(=O)C=C2. The van der Waals surface area contributed by atoms with Crippen LogP contribution in [0.1, 0.15) is 20.8 Å². The summed E-state index contributed by atoms with van der Waals surface area (Å²) in [6.07, 6.45) is 9.42. The molecule has 1 aliphatic carbocycles. The zero-order valence-corrected chi connectivity index (χ0v) is 11.0. The fraction of sp³-hybridized carbons (Fsp3) is 0.538. The monoisotopic (exact) mass is 235 g/mol. The molecule has 0 radical (unpaired) electrons. The zero-order chi connectivity index (χ0) is 12.0. The van der Waals surface area contributed by atoms with Crippen LogP contribution in [0.3, 0.4) is 0 Å². The van der Waals surface area contributed by atoms with Crippen LogP contribution < -0.4 is 0 Å². The lowest BCUT2D eigenvalue weighted by Gasteiger charge is -2.34. The van der Waals surface area contributed by atoms with Crippen LogP contribution in [0.5, 0.6) is 0 Å². The Morgan fingerprint density at radius 3 is 2.38 bits per heavy atom. The van der Waals surface area contributed by atoms with Crippen molar-refractivity contribution in [2.24, 2.45) is 16.3 Å². The molecule has 16 heavy (non-hydrogen) atoms. The second-order valence-corrected chi connectivity index (χ2v) is 5.79. The number of ketones is 1. The van der Waals surface area contributed by atoms with Gasteiger partial charge >= 0.3 is 0 Å². The summed E-state index contributed by atoms with van der Waals surface area (Å²) in [6, 6.07) is 0. The second-order valence-electron chi connectivity index (χ2n) is 5.00. The molecule has 1 unspecified atom stereocenters. The van der Waals surface area contributed by atoms with Gasteiger partial charge in [-0.2, -0.15) is 0 Å². The van der Waals surface area contributed by atoms with Gasteiger partial charge in [0.15, 0.2) is 5.78 Å². The number of nitrogens with zero attached hydrogens (tertiary/aromatic N) is 1. The number of aliphatic imine (C=N–C) groups is 1. The fourth-order valence-corrected chi connectivity index (χ4v) is 3.42. The van der Waals surface area contributed by atoms with E-state index in [2.05, 4.69) is 20.8 Å². The minimum atomic E-state index is -0.156. The zero-order valence-electron chi connectivity index (χ0n) is 10.2. The number of rotatable bonds is 0. The number of allylic oxidation sites excluding steroid dienone is 4. The van der Waals surface area contributed by atoms with Crippen LogP contribution >= 0.6 is 11.8 Å². The summed E-state index contributed by atoms with van der Waals surface area (Å²) in [7, 11) is 0. The first-order valence-corrected chi connectivity index (χ1v) is 6.71. The summed E-state index contributed by atoms with van der Waals surface area (Å²) in [4.78, 5) is 16.0. The van der Waals surface area contributed by atoms with Crippen LogP contribution in [0.15, 0.2) is 29.3 Å². The number of hydrogen-bond acceptors (Lipinski definition) is 3. The lowest BCUT2D eigenvalue weighted by atomic mass is 9.70. The Hall–Kier alpha value is -0.830. The number of carbonyl (C=O) groups is 1. The molecule has 0 fully saturated rings. The van der Waals surface area contributed by atoms with E-state index in [1.165, 1.54) is 0 Å². The second kappa shape index (κ2) is 3.59. The lowest BCUT2D eigenvalue weighted by Crippen LogP contribution is -2.36. The molecule has 2 rings (SSSR count). The van der Waals surface area contributed by atoms with Crippen LogP contribution in [0.25, 0.3) is 0 Å². The molecule has 0 amide bonds. The van der Waals surface area contributed by atoms with Crippen molar-refractivity contribution in [2.75, 3.05) is 6.26 Å². The Kier molecular flexibility index (Phi) is 2.61. The first kappa shape index (κ1) is 11.6. The van der Waals surface area contributed by atoms with Crippen LogP contribution in [-0.2, 0) is 4.79 Å². The third-order valence-corrected chi connectivity index (χ3v) is 4.61. The van der Waals surface area contributed by atoms with Gasteiger partial charge < -0.3 is 0 Å². The van der Waals surface area contributed by atoms with E-state index in [-0.39, 0.29) is 16.7 Å². The van der Waals surface area contributed by atoms with Crippen LogP contribution in [0, 0.1) is 11.3 Å². The van der Waals surface area contributed by atoms with Gasteiger partial charge in [0.2, 0.25) is 0 Å². The first-order chi connectivity index (χ1) is 7.42. The minimum absolute atomic E-state index is 0.0621. The molecule has 1 aliphatic heterocycles. The Balaban J connectivity index is 2.49. The molecule has 0 aromatic heterocycles. The Labute approximate surface area is 101 Å². The van der Waals surface area contributed by atoms with E-state index in [0.717, 1.165) is 5.04 Å². The van der Waals surface area contributed by atoms with Gasteiger partial charge in [-0.1, -0.05) is 19.1 Å². The van der Waals surface area contributed by atoms with E-state index < -0.39 is 0 Å². The molecule has 1 spiro atoms. The van der Waals surface area contributed by atoms with E-state index in [1.54, 1.807) is 23.9 Å². The van der Waals surface area contributed by atoms with Gasteiger partial charge in [-0.3, -0.25) is 9.79 Å². The van der Waals surface area contributed by atoms with E-state index in [4.69, 9.17) is 4.99 Å². The molecule has 0 bridgehead atoms. The van der Waals surface area contributed by atoms with Crippen molar-refractivity contribution < 1.29 is 4.79 Å². The average Bonchev–Trinajstić information content (AvgIpc) is 2.44. The number of hydrogen-bond donors (Lipinski definition) is 0. The Morgan fingerprint density at radius 1 is 1.31 bits per heavy atom. The third kappa shape index (κ3) is 1.49. The molecule has 0 aromatic rings. The molecular weight excluding hydrogens is 218 g/mol. The quantitative estimate of drug-likeness (QED) is 0.646. The molecule has 1 heterocycles. The van der Waals surface area contributed by atoms with Gasteiger partial charge in [0.05, 0.1) is 16.0 Å². The van der Waals surface area contributed by atoms with E-state index >= 15 is 0 Å². The average molecular weight is 235 g/mol. The molecule has 0 saturated heterocycles. The summed E-state index contributed by atoms with van der Waals surface area (Å²) < 4.78 is 0. The summed E-state index contributed by atoms with van der Waals surface area (Å²) in [5.41, 5.74) is -0.218. The Morgan fingerprint density at radius 2 is 1.88 bits per heavy atom. The maximum absolute atomic E-state index is 11.2. The van der Waals surface area contributed by atoms with Crippen molar-refractivity contribution in [3.8, 4) is 0 Å². The Bertz CT molecular complexity index is 402. The minimum Gasteiger partial charge on any atom is -0.290 e. The smallest absolute Gasteiger partial charge is 0.178 e. The summed E-state index contributed by atoms with van der Waals surface area (Å²) in [5.74, 6) is 0.450. The van der Waals surface area contributed by atoms with Gasteiger partial charge in [0, 0.05) is 0 Å². The largest absolute Gasteiger partial charge is 0.290 e. The van der Waals surface area contributed by atoms with Crippen molar-refractivity contribution in [3.05, 3.63) is 24.3 Å². The maximum atomic E-state index is 11.2. The molecule has 0 saturated carbocycles. The molecular formula is C13H17NOS. The molecule has 0 aromatic carbocycles. The molecule has 3 heteroatoms. The van der Waals surface area contributed by atoms with Gasteiger partial charge in [-0.05, 0) is 38.2 Å². The summed E-state index contributed by atoms with van der Waals surface area (Å²) in [5, 5.41) is 1.12. The van der Waals surface area contributed by atoms with Crippen molar-refractivity contribution in [1.29, 1.82) is 0 Å². The number of carbonyl (C=O) groups excluding carboxylic acids is 1. The predicted octanol–water partition coefficient (Wildman–Crippen LogP) is 2.86. The van der Waals surface area contributed by atoms with Crippen molar-refractivity contribution in [1.82, 2.24) is 0 Å². The standard InChI is InChI=1S/C13H17NOS/c1-9-12(2,3)14-11(16-4)13(9)7-5-10(15)6-8-13/h5-9H,1-4H3. The highest BCUT2D eigenvalue weighted by Crippen LogP contribution is 2.50. The van der Waals surface area contributed by atoms with Crippen LogP contribution in [-0.4, -0.2) is 22.6 Å². The fourth-order valence-electron chi connectivity index (χ4n) is 2.43. The summed E-state index contributed by atoms with van der Waals surface area (Å²) >= 11 is 1.68. The highest BCUT2D eigenvalue weighted by Gasteiger charge is 2.50. The van der Waals surface area contributed by atoms with Crippen molar-refractivity contribution in [3.63, 3.8) is 0 Å². The van der Waals surface area contributed by atoms with Gasteiger partial charge in [0.1, 0.15) is 0 Å². The molecule has 0 N–H and O–H groups in total. The van der Waals surface area contributed by atoms with E-state index in [1.807, 2.05) is 18.4 Å². The lowest BCUT2D eigenvalue weighted by molar-refractivity contribution is -0.110. The van der Waals surface area contributed by atoms with Crippen molar-refractivity contribution in [2.45, 2.75) is 26.3 Å². The predicted molar refractivity (Wildman–Crippen MR) is 69.9 cm³/mol. The normalized spacial score (nSPS) is 29.9. The van der Waals surface area contributed by atoms with E-state index in [9.17, 15) is 4.79 Å². The highest BCUT2D eigenvalue weighted by molar-refractivity contribution is 8.13. The molecule has 1 atom stereocenters. The van der Waals surface area contributed by atoms with Crippen LogP contribution in [0.4, 0.5) is 0 Å². The maximum Gasteiger partial charge on any atom is 0.178 e. The van der Waals surface area contributed by atoms with E-state index in [0.29, 0.717) is 5.92 Å². The number of thioether (sulfide) groups is 1. The van der Waals surface area contributed by atoms with Gasteiger partial charge in [0.25, 0.3) is 0 Å². The third-order valence-electron chi connectivity index (χ3n) is 3.78. The molecule has 86 valence electrons. The molecule has 2 nitrogen and oxygen atoms in total. The van der Waals surface area contributed by atoms with Gasteiger partial charge in [-0.25, -0.2) is 0 Å².